The van der Waals surface area contributed by atoms with E-state index in [9.17, 15) is 4.79 Å². The molecule has 0 N–H and O–H groups in total. The Hall–Kier alpha value is -1.88. The molecule has 198 valence electrons. The first-order valence-electron chi connectivity index (χ1n) is 13.2. The van der Waals surface area contributed by atoms with Gasteiger partial charge in [0.2, 0.25) is 0 Å². The van der Waals surface area contributed by atoms with E-state index < -0.39 is 0 Å². The van der Waals surface area contributed by atoms with E-state index in [0.717, 1.165) is 18.2 Å². The normalized spacial score (nSPS) is 14.2. The Bertz CT molecular complexity index is 728. The molecule has 1 aromatic carbocycles. The molecule has 1 aliphatic heterocycles. The third-order valence-corrected chi connectivity index (χ3v) is 6.51. The zero-order valence-corrected chi connectivity index (χ0v) is 23.8. The zero-order chi connectivity index (χ0) is 25.9. The summed E-state index contributed by atoms with van der Waals surface area (Å²) in [5, 5.41) is 0. The molecule has 1 aromatic rings. The summed E-state index contributed by atoms with van der Waals surface area (Å²) in [7, 11) is 1.82. The standard InChI is InChI=1S/C15H26O.C8H15NO2S.C7H8/c1-3-4-5-6-7-8-9-10-11-15(16-2)14-12-13-14;1-8(2,3)11-7(10)9-4-5-12-6-9;1-7-5-3-2-4-6-7/h3H,1,4-13H2,2H3;4-6H2,1-3H3;2-6H,1H3. The van der Waals surface area contributed by atoms with Crippen LogP contribution in [0.25, 0.3) is 0 Å². The lowest BCUT2D eigenvalue weighted by Gasteiger charge is -2.23. The number of amides is 1. The van der Waals surface area contributed by atoms with Crippen LogP contribution in [0.1, 0.15) is 90.5 Å². The zero-order valence-electron chi connectivity index (χ0n) is 22.9. The largest absolute Gasteiger partial charge is 0.501 e. The van der Waals surface area contributed by atoms with E-state index in [1.165, 1.54) is 75.5 Å². The number of ether oxygens (including phenoxy) is 2. The quantitative estimate of drug-likeness (QED) is 0.181. The summed E-state index contributed by atoms with van der Waals surface area (Å²) >= 11 is 1.76. The van der Waals surface area contributed by atoms with Gasteiger partial charge in [-0.3, -0.25) is 4.90 Å². The van der Waals surface area contributed by atoms with Crippen molar-refractivity contribution in [3.63, 3.8) is 0 Å². The lowest BCUT2D eigenvalue weighted by Crippen LogP contribution is -2.34. The Morgan fingerprint density at radius 3 is 2.14 bits per heavy atom. The number of allylic oxidation sites excluding steroid dienone is 3. The van der Waals surface area contributed by atoms with Crippen LogP contribution in [-0.4, -0.2) is 41.9 Å². The van der Waals surface area contributed by atoms with E-state index in [2.05, 4.69) is 25.6 Å². The average molecular weight is 504 g/mol. The summed E-state index contributed by atoms with van der Waals surface area (Å²) in [4.78, 5) is 13.1. The molecule has 0 unspecified atom stereocenters. The fourth-order valence-electron chi connectivity index (χ4n) is 3.46. The van der Waals surface area contributed by atoms with Crippen LogP contribution in [0, 0.1) is 6.92 Å². The van der Waals surface area contributed by atoms with Gasteiger partial charge in [0.1, 0.15) is 5.60 Å². The van der Waals surface area contributed by atoms with Gasteiger partial charge >= 0.3 is 6.09 Å². The molecular formula is C30H49NO3S. The second kappa shape index (κ2) is 18.4. The van der Waals surface area contributed by atoms with E-state index in [1.54, 1.807) is 22.2 Å². The average Bonchev–Trinajstić information content (AvgIpc) is 3.50. The number of hydrogen-bond acceptors (Lipinski definition) is 4. The highest BCUT2D eigenvalue weighted by molar-refractivity contribution is 7.99. The minimum absolute atomic E-state index is 0.187. The van der Waals surface area contributed by atoms with Crippen LogP contribution in [-0.2, 0) is 9.47 Å². The van der Waals surface area contributed by atoms with Crippen molar-refractivity contribution in [3.05, 3.63) is 59.9 Å². The van der Waals surface area contributed by atoms with Gasteiger partial charge in [-0.05, 0) is 65.4 Å². The van der Waals surface area contributed by atoms with Gasteiger partial charge in [0.25, 0.3) is 0 Å². The molecule has 2 aliphatic rings. The van der Waals surface area contributed by atoms with Crippen LogP contribution >= 0.6 is 11.8 Å². The summed E-state index contributed by atoms with van der Waals surface area (Å²) in [6, 6.07) is 10.3. The van der Waals surface area contributed by atoms with Crippen molar-refractivity contribution < 1.29 is 14.3 Å². The molecule has 0 radical (unpaired) electrons. The third-order valence-electron chi connectivity index (χ3n) is 5.55. The van der Waals surface area contributed by atoms with Crippen molar-refractivity contribution in [1.29, 1.82) is 0 Å². The Labute approximate surface area is 219 Å². The Morgan fingerprint density at radius 2 is 1.69 bits per heavy atom. The van der Waals surface area contributed by atoms with Gasteiger partial charge in [0, 0.05) is 18.7 Å². The van der Waals surface area contributed by atoms with Crippen LogP contribution in [0.15, 0.2) is 54.3 Å². The van der Waals surface area contributed by atoms with Crippen molar-refractivity contribution in [1.82, 2.24) is 4.90 Å². The molecule has 35 heavy (non-hydrogen) atoms. The topological polar surface area (TPSA) is 38.8 Å². The maximum absolute atomic E-state index is 11.4. The highest BCUT2D eigenvalue weighted by Crippen LogP contribution is 2.34. The monoisotopic (exact) mass is 503 g/mol. The number of carbonyl (C=O) groups is 1. The highest BCUT2D eigenvalue weighted by Gasteiger charge is 2.24. The summed E-state index contributed by atoms with van der Waals surface area (Å²) in [5.41, 5.74) is 2.51. The Balaban J connectivity index is 0.000000282. The molecule has 5 heteroatoms. The SMILES string of the molecule is C=CCCCCCCCCC(OC)=C1CC1.CC(C)(C)OC(=O)N1CCSC1.Cc1ccccc1. The molecule has 0 spiro atoms. The molecule has 0 aromatic heterocycles. The predicted octanol–water partition coefficient (Wildman–Crippen LogP) is 8.91. The number of unbranched alkanes of at least 4 members (excludes halogenated alkanes) is 6. The number of benzene rings is 1. The molecule has 1 amide bonds. The summed E-state index contributed by atoms with van der Waals surface area (Å²) in [5.74, 6) is 3.08. The molecule has 0 atom stereocenters. The van der Waals surface area contributed by atoms with Gasteiger partial charge in [0.05, 0.1) is 18.7 Å². The first-order chi connectivity index (χ1) is 16.8. The molecule has 1 saturated carbocycles. The predicted molar refractivity (Wildman–Crippen MR) is 152 cm³/mol. The molecule has 2 fully saturated rings. The van der Waals surface area contributed by atoms with Gasteiger partial charge in [-0.25, -0.2) is 4.79 Å². The fourth-order valence-corrected chi connectivity index (χ4v) is 4.40. The van der Waals surface area contributed by atoms with Crippen LogP contribution in [0.5, 0.6) is 0 Å². The minimum Gasteiger partial charge on any atom is -0.501 e. The number of rotatable bonds is 10. The van der Waals surface area contributed by atoms with E-state index in [4.69, 9.17) is 9.47 Å². The molecule has 0 bridgehead atoms. The molecule has 1 saturated heterocycles. The maximum Gasteiger partial charge on any atom is 0.411 e. The maximum atomic E-state index is 11.4. The summed E-state index contributed by atoms with van der Waals surface area (Å²) in [6.45, 7) is 12.3. The van der Waals surface area contributed by atoms with E-state index in [-0.39, 0.29) is 11.7 Å². The number of methoxy groups -OCH3 is 1. The fraction of sp³-hybridized carbons (Fsp3) is 0.633. The van der Waals surface area contributed by atoms with Gasteiger partial charge in [-0.1, -0.05) is 67.7 Å². The molecule has 4 nitrogen and oxygen atoms in total. The van der Waals surface area contributed by atoms with Crippen LogP contribution in [0.4, 0.5) is 4.79 Å². The lowest BCUT2D eigenvalue weighted by atomic mass is 10.1. The molecule has 3 rings (SSSR count). The van der Waals surface area contributed by atoms with Gasteiger partial charge in [-0.2, -0.15) is 0 Å². The van der Waals surface area contributed by atoms with Crippen molar-refractivity contribution in [2.24, 2.45) is 0 Å². The number of hydrogen-bond donors (Lipinski definition) is 0. The first-order valence-corrected chi connectivity index (χ1v) is 14.4. The third kappa shape index (κ3) is 17.2. The Kier molecular flexibility index (Phi) is 16.4. The second-order valence-electron chi connectivity index (χ2n) is 10.1. The Morgan fingerprint density at radius 1 is 1.06 bits per heavy atom. The lowest BCUT2D eigenvalue weighted by molar-refractivity contribution is 0.0308. The number of thioether (sulfide) groups is 1. The van der Waals surface area contributed by atoms with Crippen molar-refractivity contribution in [3.8, 4) is 0 Å². The number of aryl methyl sites for hydroxylation is 1. The van der Waals surface area contributed by atoms with Crippen LogP contribution < -0.4 is 0 Å². The summed E-state index contributed by atoms with van der Waals surface area (Å²) in [6.07, 6.45) is 14.8. The number of carbonyl (C=O) groups excluding carboxylic acids is 1. The van der Waals surface area contributed by atoms with Gasteiger partial charge in [-0.15, -0.1) is 18.3 Å². The minimum atomic E-state index is -0.371. The van der Waals surface area contributed by atoms with Crippen LogP contribution in [0.3, 0.4) is 0 Å². The van der Waals surface area contributed by atoms with Crippen molar-refractivity contribution in [2.45, 2.75) is 97.5 Å². The van der Waals surface area contributed by atoms with E-state index in [1.807, 2.05) is 52.2 Å². The smallest absolute Gasteiger partial charge is 0.411 e. The molecule has 1 aliphatic carbocycles. The van der Waals surface area contributed by atoms with Gasteiger partial charge in [0.15, 0.2) is 0 Å². The first kappa shape index (κ1) is 31.2. The van der Waals surface area contributed by atoms with E-state index in [0.29, 0.717) is 0 Å². The highest BCUT2D eigenvalue weighted by atomic mass is 32.2. The number of nitrogens with zero attached hydrogens (tertiary/aromatic N) is 1. The second-order valence-corrected chi connectivity index (χ2v) is 11.2. The van der Waals surface area contributed by atoms with Crippen molar-refractivity contribution >= 4 is 17.9 Å². The van der Waals surface area contributed by atoms with Gasteiger partial charge < -0.3 is 9.47 Å². The van der Waals surface area contributed by atoms with Crippen molar-refractivity contribution in [2.75, 3.05) is 25.3 Å². The summed E-state index contributed by atoms with van der Waals surface area (Å²) < 4.78 is 10.6. The molecule has 1 heterocycles. The van der Waals surface area contributed by atoms with Crippen LogP contribution in [0.2, 0.25) is 0 Å². The molecular weight excluding hydrogens is 454 g/mol. The van der Waals surface area contributed by atoms with E-state index >= 15 is 0 Å².